The fourth-order valence-corrected chi connectivity index (χ4v) is 2.92. The van der Waals surface area contributed by atoms with Crippen molar-refractivity contribution in [2.75, 3.05) is 7.05 Å². The Hall–Kier alpha value is -1.85. The molecule has 0 unspecified atom stereocenters. The number of benzene rings is 1. The Kier molecular flexibility index (Phi) is 3.94. The Morgan fingerprint density at radius 3 is 2.86 bits per heavy atom. The summed E-state index contributed by atoms with van der Waals surface area (Å²) in [5.41, 5.74) is 1.09. The zero-order chi connectivity index (χ0) is 14.8. The molecule has 0 bridgehead atoms. The Bertz CT molecular complexity index is 611. The van der Waals surface area contributed by atoms with Gasteiger partial charge >= 0.3 is 0 Å². The molecule has 1 aromatic carbocycles. The zero-order valence-electron chi connectivity index (χ0n) is 11.7. The van der Waals surface area contributed by atoms with E-state index in [4.69, 9.17) is 11.6 Å². The maximum atomic E-state index is 12.0. The van der Waals surface area contributed by atoms with Crippen LogP contribution in [-0.4, -0.2) is 33.9 Å². The van der Waals surface area contributed by atoms with Gasteiger partial charge in [0.25, 0.3) is 0 Å². The van der Waals surface area contributed by atoms with Crippen molar-refractivity contribution in [3.8, 4) is 0 Å². The minimum Gasteiger partial charge on any atom is -0.348 e. The molecule has 0 aliphatic carbocycles. The van der Waals surface area contributed by atoms with E-state index in [0.29, 0.717) is 18.0 Å². The smallest absolute Gasteiger partial charge is 0.224 e. The lowest BCUT2D eigenvalue weighted by Gasteiger charge is -2.26. The number of nitrogens with one attached hydrogen (secondary N) is 2. The number of hydrogen-bond acceptors (Lipinski definition) is 3. The van der Waals surface area contributed by atoms with E-state index in [1.54, 1.807) is 17.3 Å². The molecule has 5 nitrogen and oxygen atoms in total. The Labute approximate surface area is 128 Å². The van der Waals surface area contributed by atoms with Gasteiger partial charge in [-0.2, -0.15) is 0 Å². The van der Waals surface area contributed by atoms with Gasteiger partial charge in [0.05, 0.1) is 12.6 Å². The summed E-state index contributed by atoms with van der Waals surface area (Å²) in [4.78, 5) is 21.1. The van der Waals surface area contributed by atoms with E-state index in [-0.39, 0.29) is 18.0 Å². The Morgan fingerprint density at radius 1 is 1.43 bits per heavy atom. The lowest BCUT2D eigenvalue weighted by atomic mass is 10.0. The topological polar surface area (TPSA) is 61.0 Å². The second-order valence-corrected chi connectivity index (χ2v) is 5.66. The van der Waals surface area contributed by atoms with Crippen LogP contribution in [0.3, 0.4) is 0 Å². The number of H-pyrrole nitrogens is 1. The first kappa shape index (κ1) is 14.1. The van der Waals surface area contributed by atoms with Crippen LogP contribution >= 0.6 is 11.6 Å². The number of halogens is 1. The highest BCUT2D eigenvalue weighted by Crippen LogP contribution is 2.32. The molecular formula is C15H17ClN4O. The first-order valence-electron chi connectivity index (χ1n) is 6.88. The van der Waals surface area contributed by atoms with Crippen LogP contribution in [0.15, 0.2) is 36.7 Å². The minimum absolute atomic E-state index is 0.0183. The first-order valence-corrected chi connectivity index (χ1v) is 7.25. The van der Waals surface area contributed by atoms with Crippen LogP contribution in [0.4, 0.5) is 0 Å². The molecule has 1 aliphatic rings. The second kappa shape index (κ2) is 5.87. The van der Waals surface area contributed by atoms with Crippen molar-refractivity contribution in [2.45, 2.75) is 25.0 Å². The van der Waals surface area contributed by atoms with Gasteiger partial charge < -0.3 is 15.2 Å². The molecule has 6 heteroatoms. The molecule has 2 heterocycles. The number of hydrogen-bond donors (Lipinski definition) is 2. The third-order valence-corrected chi connectivity index (χ3v) is 4.14. The number of likely N-dealkylation sites (N-methyl/N-ethyl adjacent to an activating group) is 1. The maximum Gasteiger partial charge on any atom is 0.224 e. The van der Waals surface area contributed by atoms with E-state index in [0.717, 1.165) is 11.4 Å². The van der Waals surface area contributed by atoms with Gasteiger partial charge in [-0.3, -0.25) is 4.79 Å². The second-order valence-electron chi connectivity index (χ2n) is 5.23. The summed E-state index contributed by atoms with van der Waals surface area (Å²) in [5, 5.41) is 4.12. The van der Waals surface area contributed by atoms with Gasteiger partial charge in [-0.1, -0.05) is 23.7 Å². The predicted octanol–water partition coefficient (Wildman–Crippen LogP) is 2.12. The van der Waals surface area contributed by atoms with Crippen LogP contribution in [0.25, 0.3) is 0 Å². The summed E-state index contributed by atoms with van der Waals surface area (Å²) in [5.74, 6) is 1.01. The molecule has 0 spiro atoms. The van der Waals surface area contributed by atoms with Crippen LogP contribution in [0, 0.1) is 0 Å². The molecule has 0 saturated carbocycles. The summed E-state index contributed by atoms with van der Waals surface area (Å²) < 4.78 is 0. The van der Waals surface area contributed by atoms with Crippen molar-refractivity contribution in [1.82, 2.24) is 20.2 Å². The molecule has 3 rings (SSSR count). The number of aromatic nitrogens is 2. The number of nitrogens with zero attached hydrogens (tertiary/aromatic N) is 2. The van der Waals surface area contributed by atoms with Crippen LogP contribution in [-0.2, 0) is 11.3 Å². The van der Waals surface area contributed by atoms with Crippen molar-refractivity contribution in [3.63, 3.8) is 0 Å². The van der Waals surface area contributed by atoms with Gasteiger partial charge in [0.1, 0.15) is 5.82 Å². The predicted molar refractivity (Wildman–Crippen MR) is 80.8 cm³/mol. The molecular weight excluding hydrogens is 288 g/mol. The molecule has 1 aromatic heterocycles. The standard InChI is InChI=1S/C15H17ClN4O/c1-20-14(21)8-12(19-9-13-17-6-7-18-13)15(20)10-2-4-11(16)5-3-10/h2-7,12,15,19H,8-9H2,1H3,(H,17,18)/t12-,15-/m1/s1. The fraction of sp³-hybridized carbons (Fsp3) is 0.333. The van der Waals surface area contributed by atoms with Gasteiger partial charge in [0, 0.05) is 36.9 Å². The molecule has 1 fully saturated rings. The number of carbonyl (C=O) groups excluding carboxylic acids is 1. The highest BCUT2D eigenvalue weighted by atomic mass is 35.5. The van der Waals surface area contributed by atoms with Crippen LogP contribution in [0.5, 0.6) is 0 Å². The lowest BCUT2D eigenvalue weighted by Crippen LogP contribution is -2.35. The van der Waals surface area contributed by atoms with E-state index in [1.165, 1.54) is 0 Å². The third kappa shape index (κ3) is 2.94. The number of amides is 1. The average Bonchev–Trinajstić information content (AvgIpc) is 3.08. The van der Waals surface area contributed by atoms with E-state index in [2.05, 4.69) is 15.3 Å². The van der Waals surface area contributed by atoms with Crippen LogP contribution in [0.2, 0.25) is 5.02 Å². The van der Waals surface area contributed by atoms with Crippen molar-refractivity contribution in [3.05, 3.63) is 53.1 Å². The van der Waals surface area contributed by atoms with Gasteiger partial charge in [0.2, 0.25) is 5.91 Å². The SMILES string of the molecule is CN1C(=O)C[C@@H](NCc2ncc[nH]2)[C@H]1c1ccc(Cl)cc1. The number of likely N-dealkylation sites (tertiary alicyclic amines) is 1. The highest BCUT2D eigenvalue weighted by molar-refractivity contribution is 6.30. The monoisotopic (exact) mass is 304 g/mol. The lowest BCUT2D eigenvalue weighted by molar-refractivity contribution is -0.127. The molecule has 2 atom stereocenters. The number of imidazole rings is 1. The minimum atomic E-state index is 0.0183. The number of carbonyl (C=O) groups is 1. The van der Waals surface area contributed by atoms with E-state index < -0.39 is 0 Å². The summed E-state index contributed by atoms with van der Waals surface area (Å²) in [7, 11) is 1.84. The summed E-state index contributed by atoms with van der Waals surface area (Å²) in [6.07, 6.45) is 4.00. The average molecular weight is 305 g/mol. The van der Waals surface area contributed by atoms with Crippen molar-refractivity contribution >= 4 is 17.5 Å². The quantitative estimate of drug-likeness (QED) is 0.909. The summed E-state index contributed by atoms with van der Waals surface area (Å²) in [6, 6.07) is 7.75. The molecule has 2 N–H and O–H groups in total. The zero-order valence-corrected chi connectivity index (χ0v) is 12.5. The number of rotatable bonds is 4. The third-order valence-electron chi connectivity index (χ3n) is 3.88. The van der Waals surface area contributed by atoms with Gasteiger partial charge in [-0.25, -0.2) is 4.98 Å². The van der Waals surface area contributed by atoms with E-state index in [9.17, 15) is 4.79 Å². The van der Waals surface area contributed by atoms with Crippen molar-refractivity contribution < 1.29 is 4.79 Å². The molecule has 1 aliphatic heterocycles. The summed E-state index contributed by atoms with van der Waals surface area (Å²) >= 11 is 5.94. The largest absolute Gasteiger partial charge is 0.348 e. The van der Waals surface area contributed by atoms with Crippen LogP contribution < -0.4 is 5.32 Å². The molecule has 1 amide bonds. The van der Waals surface area contributed by atoms with Gasteiger partial charge in [0.15, 0.2) is 0 Å². The molecule has 2 aromatic rings. The molecule has 21 heavy (non-hydrogen) atoms. The maximum absolute atomic E-state index is 12.0. The first-order chi connectivity index (χ1) is 10.1. The molecule has 110 valence electrons. The Morgan fingerprint density at radius 2 is 2.19 bits per heavy atom. The van der Waals surface area contributed by atoms with E-state index >= 15 is 0 Å². The van der Waals surface area contributed by atoms with Gasteiger partial charge in [-0.05, 0) is 17.7 Å². The van der Waals surface area contributed by atoms with Crippen LogP contribution in [0.1, 0.15) is 23.9 Å². The summed E-state index contributed by atoms with van der Waals surface area (Å²) in [6.45, 7) is 0.614. The number of aromatic amines is 1. The molecule has 0 radical (unpaired) electrons. The molecule has 1 saturated heterocycles. The Balaban J connectivity index is 1.77. The normalized spacial score (nSPS) is 22.0. The van der Waals surface area contributed by atoms with Crippen molar-refractivity contribution in [2.24, 2.45) is 0 Å². The van der Waals surface area contributed by atoms with Crippen molar-refractivity contribution in [1.29, 1.82) is 0 Å². The highest BCUT2D eigenvalue weighted by Gasteiger charge is 2.38. The fourth-order valence-electron chi connectivity index (χ4n) is 2.79. The van der Waals surface area contributed by atoms with Gasteiger partial charge in [-0.15, -0.1) is 0 Å². The van der Waals surface area contributed by atoms with E-state index in [1.807, 2.05) is 31.3 Å².